The van der Waals surface area contributed by atoms with Crippen molar-refractivity contribution in [3.05, 3.63) is 68.7 Å². The summed E-state index contributed by atoms with van der Waals surface area (Å²) in [5, 5.41) is 0.569. The standard InChI is InChI=1S/C14H11Cl2F2N/c1-7-5-12(18)9(6-11(7)17)14(19)8-3-2-4-10(15)13(8)16/h2-6,14H,19H2,1H3. The predicted molar refractivity (Wildman–Crippen MR) is 73.6 cm³/mol. The molecule has 2 rings (SSSR count). The molecule has 0 aliphatic carbocycles. The van der Waals surface area contributed by atoms with Crippen LogP contribution >= 0.6 is 23.2 Å². The van der Waals surface area contributed by atoms with Crippen molar-refractivity contribution in [1.29, 1.82) is 0 Å². The third-order valence-corrected chi connectivity index (χ3v) is 3.76. The van der Waals surface area contributed by atoms with Gasteiger partial charge in [0.25, 0.3) is 0 Å². The normalized spacial score (nSPS) is 12.5. The molecule has 0 spiro atoms. The maximum absolute atomic E-state index is 13.9. The van der Waals surface area contributed by atoms with Gasteiger partial charge in [-0.3, -0.25) is 0 Å². The summed E-state index contributed by atoms with van der Waals surface area (Å²) in [5.74, 6) is -1.08. The quantitative estimate of drug-likeness (QED) is 0.860. The lowest BCUT2D eigenvalue weighted by molar-refractivity contribution is 0.571. The van der Waals surface area contributed by atoms with E-state index >= 15 is 0 Å². The maximum Gasteiger partial charge on any atom is 0.128 e. The van der Waals surface area contributed by atoms with Crippen molar-refractivity contribution < 1.29 is 8.78 Å². The minimum atomic E-state index is -0.874. The Balaban J connectivity index is 2.53. The Morgan fingerprint density at radius 1 is 1.05 bits per heavy atom. The minimum absolute atomic E-state index is 0.0484. The van der Waals surface area contributed by atoms with Gasteiger partial charge in [-0.25, -0.2) is 8.78 Å². The topological polar surface area (TPSA) is 26.0 Å². The molecule has 0 aliphatic heterocycles. The summed E-state index contributed by atoms with van der Waals surface area (Å²) < 4.78 is 27.4. The molecule has 2 N–H and O–H groups in total. The van der Waals surface area contributed by atoms with Gasteiger partial charge < -0.3 is 5.73 Å². The Hall–Kier alpha value is -1.16. The first kappa shape index (κ1) is 14.3. The number of aryl methyl sites for hydroxylation is 1. The molecule has 2 aromatic rings. The Kier molecular flexibility index (Phi) is 4.09. The number of hydrogen-bond acceptors (Lipinski definition) is 1. The molecule has 0 heterocycles. The van der Waals surface area contributed by atoms with Gasteiger partial charge in [-0.1, -0.05) is 35.3 Å². The lowest BCUT2D eigenvalue weighted by Crippen LogP contribution is -2.15. The molecule has 0 aromatic heterocycles. The number of halogens is 4. The maximum atomic E-state index is 13.9. The molecule has 0 saturated carbocycles. The van der Waals surface area contributed by atoms with Crippen LogP contribution in [0, 0.1) is 18.6 Å². The second-order valence-electron chi connectivity index (χ2n) is 4.24. The van der Waals surface area contributed by atoms with Crippen molar-refractivity contribution in [3.63, 3.8) is 0 Å². The van der Waals surface area contributed by atoms with Crippen molar-refractivity contribution in [3.8, 4) is 0 Å². The molecule has 2 aromatic carbocycles. The van der Waals surface area contributed by atoms with Gasteiger partial charge in [-0.2, -0.15) is 0 Å². The smallest absolute Gasteiger partial charge is 0.128 e. The first-order valence-electron chi connectivity index (χ1n) is 5.57. The van der Waals surface area contributed by atoms with Crippen molar-refractivity contribution in [2.24, 2.45) is 5.73 Å². The van der Waals surface area contributed by atoms with Crippen LogP contribution in [0.4, 0.5) is 8.78 Å². The van der Waals surface area contributed by atoms with Crippen LogP contribution in [0.3, 0.4) is 0 Å². The van der Waals surface area contributed by atoms with Crippen LogP contribution in [-0.4, -0.2) is 0 Å². The fourth-order valence-electron chi connectivity index (χ4n) is 1.83. The van der Waals surface area contributed by atoms with Crippen LogP contribution in [0.25, 0.3) is 0 Å². The summed E-state index contributed by atoms with van der Waals surface area (Å²) in [6.45, 7) is 1.49. The molecule has 19 heavy (non-hydrogen) atoms. The Morgan fingerprint density at radius 2 is 1.74 bits per heavy atom. The zero-order valence-electron chi connectivity index (χ0n) is 10.1. The summed E-state index contributed by atoms with van der Waals surface area (Å²) >= 11 is 11.9. The molecule has 100 valence electrons. The average molecular weight is 302 g/mol. The van der Waals surface area contributed by atoms with Gasteiger partial charge in [0.15, 0.2) is 0 Å². The van der Waals surface area contributed by atoms with E-state index in [1.807, 2.05) is 0 Å². The fourth-order valence-corrected chi connectivity index (χ4v) is 2.25. The molecule has 0 bridgehead atoms. The zero-order valence-corrected chi connectivity index (χ0v) is 11.6. The van der Waals surface area contributed by atoms with E-state index in [1.165, 1.54) is 6.92 Å². The van der Waals surface area contributed by atoms with E-state index in [4.69, 9.17) is 28.9 Å². The summed E-state index contributed by atoms with van der Waals surface area (Å²) in [6, 6.07) is 6.23. The van der Waals surface area contributed by atoms with Gasteiger partial charge in [0.05, 0.1) is 16.1 Å². The van der Waals surface area contributed by atoms with E-state index in [0.717, 1.165) is 12.1 Å². The summed E-state index contributed by atoms with van der Waals surface area (Å²) in [5.41, 5.74) is 6.69. The average Bonchev–Trinajstić information content (AvgIpc) is 2.36. The molecule has 1 unspecified atom stereocenters. The monoisotopic (exact) mass is 301 g/mol. The lowest BCUT2D eigenvalue weighted by atomic mass is 9.98. The van der Waals surface area contributed by atoms with Gasteiger partial charge in [-0.05, 0) is 36.2 Å². The van der Waals surface area contributed by atoms with E-state index < -0.39 is 17.7 Å². The third kappa shape index (κ3) is 2.73. The Labute approximate surface area is 119 Å². The van der Waals surface area contributed by atoms with Crippen LogP contribution in [0.5, 0.6) is 0 Å². The SMILES string of the molecule is Cc1cc(F)c(C(N)c2cccc(Cl)c2Cl)cc1F. The van der Waals surface area contributed by atoms with Crippen LogP contribution in [0.2, 0.25) is 10.0 Å². The highest BCUT2D eigenvalue weighted by Gasteiger charge is 2.19. The molecular weight excluding hydrogens is 291 g/mol. The largest absolute Gasteiger partial charge is 0.320 e. The first-order valence-corrected chi connectivity index (χ1v) is 6.32. The van der Waals surface area contributed by atoms with E-state index in [2.05, 4.69) is 0 Å². The highest BCUT2D eigenvalue weighted by Crippen LogP contribution is 2.33. The third-order valence-electron chi connectivity index (χ3n) is 2.93. The molecule has 1 atom stereocenters. The molecule has 5 heteroatoms. The molecule has 0 amide bonds. The van der Waals surface area contributed by atoms with Crippen LogP contribution in [0.1, 0.15) is 22.7 Å². The van der Waals surface area contributed by atoms with Crippen LogP contribution in [0.15, 0.2) is 30.3 Å². The van der Waals surface area contributed by atoms with Crippen molar-refractivity contribution in [2.75, 3.05) is 0 Å². The zero-order chi connectivity index (χ0) is 14.2. The summed E-state index contributed by atoms with van der Waals surface area (Å²) in [6.07, 6.45) is 0. The number of hydrogen-bond donors (Lipinski definition) is 1. The second kappa shape index (κ2) is 5.45. The Morgan fingerprint density at radius 3 is 2.42 bits per heavy atom. The lowest BCUT2D eigenvalue weighted by Gasteiger charge is -2.16. The van der Waals surface area contributed by atoms with Crippen LogP contribution in [-0.2, 0) is 0 Å². The van der Waals surface area contributed by atoms with Gasteiger partial charge in [0.2, 0.25) is 0 Å². The van der Waals surface area contributed by atoms with E-state index in [0.29, 0.717) is 10.6 Å². The molecule has 0 radical (unpaired) electrons. The van der Waals surface area contributed by atoms with Gasteiger partial charge in [0.1, 0.15) is 11.6 Å². The highest BCUT2D eigenvalue weighted by molar-refractivity contribution is 6.42. The van der Waals surface area contributed by atoms with Crippen molar-refractivity contribution in [2.45, 2.75) is 13.0 Å². The minimum Gasteiger partial charge on any atom is -0.320 e. The number of benzene rings is 2. The van der Waals surface area contributed by atoms with Crippen LogP contribution < -0.4 is 5.73 Å². The van der Waals surface area contributed by atoms with Crippen molar-refractivity contribution >= 4 is 23.2 Å². The summed E-state index contributed by atoms with van der Waals surface area (Å²) in [4.78, 5) is 0. The fraction of sp³-hybridized carbons (Fsp3) is 0.143. The van der Waals surface area contributed by atoms with Gasteiger partial charge >= 0.3 is 0 Å². The van der Waals surface area contributed by atoms with Gasteiger partial charge in [0, 0.05) is 5.56 Å². The van der Waals surface area contributed by atoms with Gasteiger partial charge in [-0.15, -0.1) is 0 Å². The van der Waals surface area contributed by atoms with E-state index in [-0.39, 0.29) is 16.1 Å². The molecule has 0 aliphatic rings. The Bertz CT molecular complexity index is 629. The van der Waals surface area contributed by atoms with E-state index in [1.54, 1.807) is 18.2 Å². The first-order chi connectivity index (χ1) is 8.91. The van der Waals surface area contributed by atoms with E-state index in [9.17, 15) is 8.78 Å². The number of rotatable bonds is 2. The molecular formula is C14H11Cl2F2N. The predicted octanol–water partition coefficient (Wildman–Crippen LogP) is 4.63. The molecule has 1 nitrogen and oxygen atoms in total. The number of nitrogens with two attached hydrogens (primary N) is 1. The highest BCUT2D eigenvalue weighted by atomic mass is 35.5. The molecule has 0 fully saturated rings. The van der Waals surface area contributed by atoms with Crippen molar-refractivity contribution in [1.82, 2.24) is 0 Å². The summed E-state index contributed by atoms with van der Waals surface area (Å²) in [7, 11) is 0. The second-order valence-corrected chi connectivity index (χ2v) is 5.03. The molecule has 0 saturated heterocycles.